The normalized spacial score (nSPS) is 13.2. The summed E-state index contributed by atoms with van der Waals surface area (Å²) in [5.74, 6) is -1.50. The first-order chi connectivity index (χ1) is 7.76. The lowest BCUT2D eigenvalue weighted by Crippen LogP contribution is -2.44. The van der Waals surface area contributed by atoms with Crippen LogP contribution in [0.2, 0.25) is 0 Å². The predicted molar refractivity (Wildman–Crippen MR) is 66.8 cm³/mol. The molecule has 3 N–H and O–H groups in total. The van der Waals surface area contributed by atoms with Gasteiger partial charge in [-0.3, -0.25) is 9.59 Å². The Kier molecular flexibility index (Phi) is 6.80. The number of hydrogen-bond acceptors (Lipinski definition) is 3. The fraction of sp³-hybridized carbons (Fsp3) is 0.833. The van der Waals surface area contributed by atoms with Gasteiger partial charge in [0.2, 0.25) is 5.91 Å². The molecule has 100 valence electrons. The third-order valence-electron chi connectivity index (χ3n) is 2.31. The highest BCUT2D eigenvalue weighted by molar-refractivity contribution is 5.79. The van der Waals surface area contributed by atoms with Gasteiger partial charge in [0.05, 0.1) is 12.5 Å². The van der Waals surface area contributed by atoms with Gasteiger partial charge < -0.3 is 15.7 Å². The van der Waals surface area contributed by atoms with Crippen LogP contribution in [0.5, 0.6) is 0 Å². The van der Waals surface area contributed by atoms with E-state index in [2.05, 4.69) is 10.6 Å². The summed E-state index contributed by atoms with van der Waals surface area (Å²) in [6, 6.07) is 0. The molecule has 0 aromatic carbocycles. The lowest BCUT2D eigenvalue weighted by molar-refractivity contribution is -0.141. The molecule has 0 aromatic rings. The summed E-state index contributed by atoms with van der Waals surface area (Å²) in [5, 5.41) is 14.6. The first-order valence-electron chi connectivity index (χ1n) is 6.00. The van der Waals surface area contributed by atoms with Crippen LogP contribution in [0.25, 0.3) is 0 Å². The minimum absolute atomic E-state index is 0.118. The summed E-state index contributed by atoms with van der Waals surface area (Å²) in [5.41, 5.74) is -0.118. The van der Waals surface area contributed by atoms with E-state index in [1.807, 2.05) is 27.7 Å². The molecule has 5 heteroatoms. The van der Waals surface area contributed by atoms with E-state index >= 15 is 0 Å². The lowest BCUT2D eigenvalue weighted by Gasteiger charge is -2.20. The van der Waals surface area contributed by atoms with Crippen molar-refractivity contribution < 1.29 is 14.7 Å². The van der Waals surface area contributed by atoms with Crippen LogP contribution in [-0.4, -0.2) is 35.6 Å². The van der Waals surface area contributed by atoms with Crippen molar-refractivity contribution in [2.24, 2.45) is 5.92 Å². The summed E-state index contributed by atoms with van der Waals surface area (Å²) >= 11 is 0. The average molecular weight is 244 g/mol. The molecule has 0 saturated carbocycles. The molecule has 0 fully saturated rings. The fourth-order valence-electron chi connectivity index (χ4n) is 1.31. The van der Waals surface area contributed by atoms with Crippen molar-refractivity contribution >= 4 is 11.9 Å². The first-order valence-corrected chi connectivity index (χ1v) is 6.00. The Morgan fingerprint density at radius 3 is 2.29 bits per heavy atom. The molecular weight excluding hydrogens is 220 g/mol. The molecule has 0 bridgehead atoms. The van der Waals surface area contributed by atoms with E-state index < -0.39 is 11.9 Å². The minimum atomic E-state index is -0.851. The van der Waals surface area contributed by atoms with Crippen molar-refractivity contribution in [1.82, 2.24) is 10.6 Å². The summed E-state index contributed by atoms with van der Waals surface area (Å²) < 4.78 is 0. The zero-order valence-electron chi connectivity index (χ0n) is 11.2. The van der Waals surface area contributed by atoms with Gasteiger partial charge in [-0.25, -0.2) is 0 Å². The molecule has 0 rings (SSSR count). The zero-order chi connectivity index (χ0) is 13.5. The maximum atomic E-state index is 11.5. The molecule has 17 heavy (non-hydrogen) atoms. The maximum Gasteiger partial charge on any atom is 0.308 e. The quantitative estimate of drug-likeness (QED) is 0.624. The molecule has 0 aliphatic heterocycles. The van der Waals surface area contributed by atoms with Gasteiger partial charge in [0.15, 0.2) is 0 Å². The highest BCUT2D eigenvalue weighted by atomic mass is 16.4. The number of nitrogens with one attached hydrogen (secondary N) is 2. The molecule has 1 atom stereocenters. The SMILES string of the molecule is CCCC(CNC(=O)CNC(C)(C)C)C(=O)O. The highest BCUT2D eigenvalue weighted by Gasteiger charge is 2.17. The highest BCUT2D eigenvalue weighted by Crippen LogP contribution is 2.04. The third kappa shape index (κ3) is 8.68. The summed E-state index contributed by atoms with van der Waals surface area (Å²) in [6.07, 6.45) is 1.38. The Bertz CT molecular complexity index is 259. The molecule has 0 saturated heterocycles. The molecule has 1 unspecified atom stereocenters. The molecule has 0 aromatic heterocycles. The van der Waals surface area contributed by atoms with E-state index in [1.165, 1.54) is 0 Å². The van der Waals surface area contributed by atoms with Crippen molar-refractivity contribution in [2.75, 3.05) is 13.1 Å². The smallest absolute Gasteiger partial charge is 0.308 e. The van der Waals surface area contributed by atoms with E-state index in [1.54, 1.807) is 0 Å². The van der Waals surface area contributed by atoms with E-state index in [0.717, 1.165) is 6.42 Å². The van der Waals surface area contributed by atoms with Gasteiger partial charge in [-0.05, 0) is 27.2 Å². The monoisotopic (exact) mass is 244 g/mol. The van der Waals surface area contributed by atoms with Gasteiger partial charge in [-0.1, -0.05) is 13.3 Å². The molecule has 5 nitrogen and oxygen atoms in total. The van der Waals surface area contributed by atoms with Crippen molar-refractivity contribution in [3.8, 4) is 0 Å². The van der Waals surface area contributed by atoms with Crippen LogP contribution < -0.4 is 10.6 Å². The second-order valence-electron chi connectivity index (χ2n) is 5.23. The molecule has 0 heterocycles. The number of carboxylic acid groups (broad SMARTS) is 1. The summed E-state index contributed by atoms with van der Waals surface area (Å²) in [6.45, 7) is 8.25. The molecule has 0 radical (unpaired) electrons. The van der Waals surface area contributed by atoms with E-state index in [-0.39, 0.29) is 24.5 Å². The van der Waals surface area contributed by atoms with Crippen LogP contribution in [0.3, 0.4) is 0 Å². The summed E-state index contributed by atoms with van der Waals surface area (Å²) in [4.78, 5) is 22.3. The van der Waals surface area contributed by atoms with Crippen molar-refractivity contribution in [3.63, 3.8) is 0 Å². The predicted octanol–water partition coefficient (Wildman–Crippen LogP) is 0.992. The van der Waals surface area contributed by atoms with Gasteiger partial charge in [-0.15, -0.1) is 0 Å². The van der Waals surface area contributed by atoms with Crippen molar-refractivity contribution in [3.05, 3.63) is 0 Å². The average Bonchev–Trinajstić information content (AvgIpc) is 2.19. The number of carbonyl (C=O) groups excluding carboxylic acids is 1. The van der Waals surface area contributed by atoms with Crippen LogP contribution in [0, 0.1) is 5.92 Å². The third-order valence-corrected chi connectivity index (χ3v) is 2.31. The largest absolute Gasteiger partial charge is 0.481 e. The topological polar surface area (TPSA) is 78.4 Å². The van der Waals surface area contributed by atoms with Gasteiger partial charge >= 0.3 is 5.97 Å². The second kappa shape index (κ2) is 7.27. The first kappa shape index (κ1) is 15.9. The lowest BCUT2D eigenvalue weighted by atomic mass is 10.0. The number of hydrogen-bond donors (Lipinski definition) is 3. The Balaban J connectivity index is 3.92. The number of carbonyl (C=O) groups is 2. The fourth-order valence-corrected chi connectivity index (χ4v) is 1.31. The Labute approximate surface area is 103 Å². The van der Waals surface area contributed by atoms with Crippen molar-refractivity contribution in [1.29, 1.82) is 0 Å². The molecule has 1 amide bonds. The van der Waals surface area contributed by atoms with E-state index in [9.17, 15) is 9.59 Å². The Hall–Kier alpha value is -1.10. The number of rotatable bonds is 7. The second-order valence-corrected chi connectivity index (χ2v) is 5.23. The number of amides is 1. The number of aliphatic carboxylic acids is 1. The maximum absolute atomic E-state index is 11.5. The van der Waals surface area contributed by atoms with E-state index in [0.29, 0.717) is 6.42 Å². The molecule has 0 spiro atoms. The van der Waals surface area contributed by atoms with Crippen LogP contribution in [-0.2, 0) is 9.59 Å². The standard InChI is InChI=1S/C12H24N2O3/c1-5-6-9(11(16)17)7-13-10(15)8-14-12(2,3)4/h9,14H,5-8H2,1-4H3,(H,13,15)(H,16,17). The van der Waals surface area contributed by atoms with Crippen LogP contribution in [0.15, 0.2) is 0 Å². The molecule has 0 aliphatic carbocycles. The molecular formula is C12H24N2O3. The van der Waals surface area contributed by atoms with Gasteiger partial charge in [0.1, 0.15) is 0 Å². The van der Waals surface area contributed by atoms with Crippen LogP contribution in [0.1, 0.15) is 40.5 Å². The van der Waals surface area contributed by atoms with Crippen molar-refractivity contribution in [2.45, 2.75) is 46.1 Å². The van der Waals surface area contributed by atoms with Gasteiger partial charge in [-0.2, -0.15) is 0 Å². The van der Waals surface area contributed by atoms with Gasteiger partial charge in [0, 0.05) is 12.1 Å². The van der Waals surface area contributed by atoms with Crippen LogP contribution >= 0.6 is 0 Å². The zero-order valence-corrected chi connectivity index (χ0v) is 11.2. The summed E-state index contributed by atoms with van der Waals surface area (Å²) in [7, 11) is 0. The number of carboxylic acids is 1. The van der Waals surface area contributed by atoms with Crippen LogP contribution in [0.4, 0.5) is 0 Å². The Morgan fingerprint density at radius 2 is 1.88 bits per heavy atom. The van der Waals surface area contributed by atoms with Gasteiger partial charge in [0.25, 0.3) is 0 Å². The Morgan fingerprint density at radius 1 is 1.29 bits per heavy atom. The minimum Gasteiger partial charge on any atom is -0.481 e. The molecule has 0 aliphatic rings. The van der Waals surface area contributed by atoms with E-state index in [4.69, 9.17) is 5.11 Å².